The number of carbonyl (C=O) groups is 1. The molecular weight excluding hydrogens is 228 g/mol. The van der Waals surface area contributed by atoms with Crippen molar-refractivity contribution in [3.63, 3.8) is 0 Å². The third-order valence-electron chi connectivity index (χ3n) is 2.61. The normalized spacial score (nSPS) is 11.2. The van der Waals surface area contributed by atoms with E-state index in [0.29, 0.717) is 12.2 Å². The summed E-state index contributed by atoms with van der Waals surface area (Å²) in [5.74, 6) is -0.256. The maximum absolute atomic E-state index is 11.8. The van der Waals surface area contributed by atoms with Crippen LogP contribution in [0.2, 0.25) is 0 Å². The molecule has 18 heavy (non-hydrogen) atoms. The van der Waals surface area contributed by atoms with Gasteiger partial charge in [0.25, 0.3) is 0 Å². The highest BCUT2D eigenvalue weighted by molar-refractivity contribution is 5.89. The van der Waals surface area contributed by atoms with E-state index in [9.17, 15) is 4.79 Å². The summed E-state index contributed by atoms with van der Waals surface area (Å²) in [6.45, 7) is 1.25. The van der Waals surface area contributed by atoms with Crippen molar-refractivity contribution in [2.75, 3.05) is 53.3 Å². The molecule has 0 aliphatic rings. The molecular formula is C14H23N2O2+. The van der Waals surface area contributed by atoms with Crippen LogP contribution in [-0.4, -0.2) is 58.8 Å². The van der Waals surface area contributed by atoms with Gasteiger partial charge < -0.3 is 14.1 Å². The van der Waals surface area contributed by atoms with E-state index in [0.717, 1.165) is 16.7 Å². The van der Waals surface area contributed by atoms with E-state index >= 15 is 0 Å². The van der Waals surface area contributed by atoms with Gasteiger partial charge in [-0.3, -0.25) is 0 Å². The van der Waals surface area contributed by atoms with E-state index in [1.807, 2.05) is 31.1 Å². The third-order valence-corrected chi connectivity index (χ3v) is 2.61. The topological polar surface area (TPSA) is 29.5 Å². The Morgan fingerprint density at radius 3 is 2.17 bits per heavy atom. The first-order valence-electron chi connectivity index (χ1n) is 6.04. The number of benzene rings is 1. The van der Waals surface area contributed by atoms with Gasteiger partial charge in [-0.2, -0.15) is 0 Å². The lowest BCUT2D eigenvalue weighted by atomic mass is 10.2. The lowest BCUT2D eigenvalue weighted by Crippen LogP contribution is -2.38. The predicted molar refractivity (Wildman–Crippen MR) is 74.0 cm³/mol. The zero-order valence-corrected chi connectivity index (χ0v) is 11.9. The molecule has 0 aliphatic carbocycles. The van der Waals surface area contributed by atoms with Gasteiger partial charge in [0.05, 0.1) is 26.7 Å². The summed E-state index contributed by atoms with van der Waals surface area (Å²) in [6, 6.07) is 7.42. The number of likely N-dealkylation sites (N-methyl/N-ethyl adjacent to an activating group) is 1. The third kappa shape index (κ3) is 4.75. The average molecular weight is 251 g/mol. The summed E-state index contributed by atoms with van der Waals surface area (Å²) < 4.78 is 6.02. The van der Waals surface area contributed by atoms with E-state index in [1.54, 1.807) is 12.1 Å². The quantitative estimate of drug-likeness (QED) is 0.588. The number of hydrogen-bond acceptors (Lipinski definition) is 3. The summed E-state index contributed by atoms with van der Waals surface area (Å²) in [5, 5.41) is 0. The van der Waals surface area contributed by atoms with Gasteiger partial charge in [-0.1, -0.05) is 0 Å². The molecule has 0 N–H and O–H groups in total. The van der Waals surface area contributed by atoms with E-state index in [2.05, 4.69) is 21.1 Å². The van der Waals surface area contributed by atoms with Crippen LogP contribution in [-0.2, 0) is 4.74 Å². The van der Waals surface area contributed by atoms with E-state index < -0.39 is 0 Å². The summed E-state index contributed by atoms with van der Waals surface area (Å²) in [5.41, 5.74) is 1.67. The monoisotopic (exact) mass is 251 g/mol. The number of hydrogen-bond donors (Lipinski definition) is 0. The Bertz CT molecular complexity index is 391. The molecule has 0 amide bonds. The van der Waals surface area contributed by atoms with Crippen LogP contribution >= 0.6 is 0 Å². The van der Waals surface area contributed by atoms with Crippen LogP contribution in [0, 0.1) is 0 Å². The van der Waals surface area contributed by atoms with Crippen molar-refractivity contribution < 1.29 is 14.0 Å². The highest BCUT2D eigenvalue weighted by Crippen LogP contribution is 2.12. The number of ether oxygens (including phenoxy) is 1. The van der Waals surface area contributed by atoms with Crippen LogP contribution in [0.15, 0.2) is 24.3 Å². The van der Waals surface area contributed by atoms with Gasteiger partial charge in [0, 0.05) is 19.8 Å². The first-order chi connectivity index (χ1) is 8.29. The molecule has 1 aromatic rings. The Balaban J connectivity index is 2.52. The van der Waals surface area contributed by atoms with Crippen LogP contribution < -0.4 is 4.90 Å². The number of rotatable bonds is 5. The highest BCUT2D eigenvalue weighted by Gasteiger charge is 2.11. The molecule has 4 nitrogen and oxygen atoms in total. The molecule has 0 saturated carbocycles. The molecule has 0 heterocycles. The molecule has 0 aromatic heterocycles. The summed E-state index contributed by atoms with van der Waals surface area (Å²) >= 11 is 0. The van der Waals surface area contributed by atoms with Crippen LogP contribution in [0.25, 0.3) is 0 Å². The number of anilines is 1. The highest BCUT2D eigenvalue weighted by atomic mass is 16.5. The molecule has 0 atom stereocenters. The average Bonchev–Trinajstić information content (AvgIpc) is 2.27. The molecule has 0 fully saturated rings. The molecule has 0 saturated heterocycles. The molecule has 1 aromatic carbocycles. The van der Waals surface area contributed by atoms with Gasteiger partial charge in [-0.05, 0) is 24.3 Å². The number of nitrogens with zero attached hydrogens (tertiary/aromatic N) is 2. The van der Waals surface area contributed by atoms with Crippen molar-refractivity contribution in [2.24, 2.45) is 0 Å². The van der Waals surface area contributed by atoms with E-state index in [-0.39, 0.29) is 5.97 Å². The second kappa shape index (κ2) is 5.87. The van der Waals surface area contributed by atoms with Crippen LogP contribution in [0.5, 0.6) is 0 Å². The molecule has 4 heteroatoms. The van der Waals surface area contributed by atoms with E-state index in [4.69, 9.17) is 4.74 Å². The second-order valence-electron chi connectivity index (χ2n) is 5.59. The zero-order chi connectivity index (χ0) is 13.8. The molecule has 0 spiro atoms. The largest absolute Gasteiger partial charge is 0.456 e. The number of quaternary nitrogens is 1. The van der Waals surface area contributed by atoms with Gasteiger partial charge in [0.15, 0.2) is 0 Å². The summed E-state index contributed by atoms with van der Waals surface area (Å²) in [4.78, 5) is 13.8. The fourth-order valence-electron chi connectivity index (χ4n) is 1.39. The summed E-state index contributed by atoms with van der Waals surface area (Å²) in [6.07, 6.45) is 0. The van der Waals surface area contributed by atoms with E-state index in [1.165, 1.54) is 0 Å². The van der Waals surface area contributed by atoms with Crippen molar-refractivity contribution in [3.05, 3.63) is 29.8 Å². The Kier molecular flexibility index (Phi) is 4.73. The van der Waals surface area contributed by atoms with Gasteiger partial charge in [-0.15, -0.1) is 0 Å². The Labute approximate surface area is 109 Å². The number of carbonyl (C=O) groups excluding carboxylic acids is 1. The maximum Gasteiger partial charge on any atom is 0.338 e. The smallest absolute Gasteiger partial charge is 0.338 e. The van der Waals surface area contributed by atoms with Gasteiger partial charge in [0.2, 0.25) is 0 Å². The van der Waals surface area contributed by atoms with Gasteiger partial charge in [-0.25, -0.2) is 4.79 Å². The standard InChI is InChI=1S/C14H23N2O2/c1-15(2)13-8-6-12(7-9-13)14(17)18-11-10-16(3,4)5/h6-9H,10-11H2,1-5H3/q+1. The lowest BCUT2D eigenvalue weighted by Gasteiger charge is -2.23. The van der Waals surface area contributed by atoms with Crippen molar-refractivity contribution in [1.82, 2.24) is 0 Å². The lowest BCUT2D eigenvalue weighted by molar-refractivity contribution is -0.870. The van der Waals surface area contributed by atoms with Crippen LogP contribution in [0.1, 0.15) is 10.4 Å². The fraction of sp³-hybridized carbons (Fsp3) is 0.500. The van der Waals surface area contributed by atoms with Crippen molar-refractivity contribution >= 4 is 11.7 Å². The van der Waals surface area contributed by atoms with Crippen molar-refractivity contribution in [2.45, 2.75) is 0 Å². The second-order valence-corrected chi connectivity index (χ2v) is 5.59. The maximum atomic E-state index is 11.8. The van der Waals surface area contributed by atoms with Crippen molar-refractivity contribution in [1.29, 1.82) is 0 Å². The minimum Gasteiger partial charge on any atom is -0.456 e. The van der Waals surface area contributed by atoms with Crippen molar-refractivity contribution in [3.8, 4) is 0 Å². The first-order valence-corrected chi connectivity index (χ1v) is 6.04. The van der Waals surface area contributed by atoms with Crippen LogP contribution in [0.4, 0.5) is 5.69 Å². The zero-order valence-electron chi connectivity index (χ0n) is 11.9. The molecule has 0 radical (unpaired) electrons. The van der Waals surface area contributed by atoms with Gasteiger partial charge >= 0.3 is 5.97 Å². The predicted octanol–water partition coefficient (Wildman–Crippen LogP) is 1.62. The molecule has 0 bridgehead atoms. The first kappa shape index (κ1) is 14.5. The Hall–Kier alpha value is -1.55. The Morgan fingerprint density at radius 2 is 1.72 bits per heavy atom. The van der Waals surface area contributed by atoms with Crippen LogP contribution in [0.3, 0.4) is 0 Å². The molecule has 1 rings (SSSR count). The van der Waals surface area contributed by atoms with Gasteiger partial charge in [0.1, 0.15) is 13.2 Å². The summed E-state index contributed by atoms with van der Waals surface area (Å²) in [7, 11) is 10.1. The molecule has 100 valence electrons. The molecule has 0 unspecified atom stereocenters. The fourth-order valence-corrected chi connectivity index (χ4v) is 1.39. The SMILES string of the molecule is CN(C)c1ccc(C(=O)OCC[N+](C)(C)C)cc1. The minimum atomic E-state index is -0.256. The Morgan fingerprint density at radius 1 is 1.17 bits per heavy atom. The molecule has 0 aliphatic heterocycles. The minimum absolute atomic E-state index is 0.256. The number of esters is 1.